The van der Waals surface area contributed by atoms with E-state index >= 15 is 0 Å². The van der Waals surface area contributed by atoms with Crippen LogP contribution in [0.15, 0.2) is 36.5 Å². The van der Waals surface area contributed by atoms with Crippen molar-refractivity contribution in [2.75, 3.05) is 0 Å². The van der Waals surface area contributed by atoms with Crippen LogP contribution in [-0.2, 0) is 6.42 Å². The molecule has 0 bridgehead atoms. The lowest BCUT2D eigenvalue weighted by molar-refractivity contribution is 0.0690. The molecule has 0 saturated carbocycles. The van der Waals surface area contributed by atoms with Crippen molar-refractivity contribution in [1.29, 1.82) is 0 Å². The van der Waals surface area contributed by atoms with E-state index in [4.69, 9.17) is 5.11 Å². The number of carboxylic acid groups (broad SMARTS) is 1. The van der Waals surface area contributed by atoms with Crippen molar-refractivity contribution in [2.24, 2.45) is 0 Å². The molecule has 0 radical (unpaired) electrons. The Hall–Kier alpha value is -2.16. The second-order valence-electron chi connectivity index (χ2n) is 4.46. The van der Waals surface area contributed by atoms with E-state index in [2.05, 4.69) is 29.2 Å². The molecule has 0 atom stereocenters. The van der Waals surface area contributed by atoms with Crippen LogP contribution < -0.4 is 0 Å². The van der Waals surface area contributed by atoms with Gasteiger partial charge < -0.3 is 5.11 Å². The van der Waals surface area contributed by atoms with E-state index in [9.17, 15) is 4.79 Å². The zero-order valence-electron chi connectivity index (χ0n) is 10.5. The first-order chi connectivity index (χ1) is 8.56. The van der Waals surface area contributed by atoms with Crippen molar-refractivity contribution in [1.82, 2.24) is 4.98 Å². The number of benzene rings is 1. The summed E-state index contributed by atoms with van der Waals surface area (Å²) in [5.74, 6) is -0.986. The summed E-state index contributed by atoms with van der Waals surface area (Å²) in [5, 5.41) is 8.94. The fraction of sp³-hybridized carbons (Fsp3) is 0.200. The topological polar surface area (TPSA) is 50.2 Å². The van der Waals surface area contributed by atoms with E-state index in [-0.39, 0.29) is 5.69 Å². The lowest BCUT2D eigenvalue weighted by Crippen LogP contribution is -2.03. The summed E-state index contributed by atoms with van der Waals surface area (Å²) in [4.78, 5) is 14.8. The summed E-state index contributed by atoms with van der Waals surface area (Å²) in [5.41, 5.74) is 4.51. The van der Waals surface area contributed by atoms with Gasteiger partial charge in [0.2, 0.25) is 0 Å². The maximum atomic E-state index is 10.9. The van der Waals surface area contributed by atoms with Crippen LogP contribution in [0.3, 0.4) is 0 Å². The van der Waals surface area contributed by atoms with Gasteiger partial charge in [0, 0.05) is 6.20 Å². The molecule has 2 rings (SSSR count). The Bertz CT molecular complexity index is 574. The Morgan fingerprint density at radius 2 is 1.89 bits per heavy atom. The highest BCUT2D eigenvalue weighted by molar-refractivity contribution is 5.85. The van der Waals surface area contributed by atoms with Crippen molar-refractivity contribution in [3.63, 3.8) is 0 Å². The van der Waals surface area contributed by atoms with E-state index < -0.39 is 5.97 Å². The van der Waals surface area contributed by atoms with Gasteiger partial charge in [0.05, 0.1) is 0 Å². The van der Waals surface area contributed by atoms with Crippen LogP contribution >= 0.6 is 0 Å². The summed E-state index contributed by atoms with van der Waals surface area (Å²) in [6.45, 7) is 3.99. The molecule has 0 amide bonds. The fourth-order valence-corrected chi connectivity index (χ4v) is 1.80. The summed E-state index contributed by atoms with van der Waals surface area (Å²) < 4.78 is 0. The molecule has 1 N–H and O–H groups in total. The summed E-state index contributed by atoms with van der Waals surface area (Å²) in [6, 6.07) is 9.90. The third-order valence-electron chi connectivity index (χ3n) is 2.95. The monoisotopic (exact) mass is 241 g/mol. The predicted octanol–water partition coefficient (Wildman–Crippen LogP) is 2.99. The lowest BCUT2D eigenvalue weighted by Gasteiger charge is -2.07. The second kappa shape index (κ2) is 5.00. The lowest BCUT2D eigenvalue weighted by atomic mass is 10.0. The molecule has 1 heterocycles. The van der Waals surface area contributed by atoms with Gasteiger partial charge in [0.25, 0.3) is 0 Å². The van der Waals surface area contributed by atoms with Gasteiger partial charge in [0.15, 0.2) is 0 Å². The summed E-state index contributed by atoms with van der Waals surface area (Å²) in [6.07, 6.45) is 2.35. The van der Waals surface area contributed by atoms with E-state index in [0.717, 1.165) is 17.5 Å². The first-order valence-electron chi connectivity index (χ1n) is 5.80. The number of nitrogens with zero attached hydrogens (tertiary/aromatic N) is 1. The van der Waals surface area contributed by atoms with E-state index in [1.165, 1.54) is 11.1 Å². The molecule has 0 spiro atoms. The Balaban J connectivity index is 2.30. The SMILES string of the molecule is Cc1ccc(Cc2cc(C(=O)O)ncc2C)cc1. The molecule has 0 aliphatic heterocycles. The zero-order valence-corrected chi connectivity index (χ0v) is 10.5. The third kappa shape index (κ3) is 2.74. The molecule has 92 valence electrons. The van der Waals surface area contributed by atoms with Crippen LogP contribution in [0.5, 0.6) is 0 Å². The van der Waals surface area contributed by atoms with Gasteiger partial charge in [0.1, 0.15) is 5.69 Å². The van der Waals surface area contributed by atoms with Gasteiger partial charge in [-0.3, -0.25) is 0 Å². The first kappa shape index (κ1) is 12.3. The Morgan fingerprint density at radius 1 is 1.22 bits per heavy atom. The van der Waals surface area contributed by atoms with Gasteiger partial charge in [-0.1, -0.05) is 29.8 Å². The highest BCUT2D eigenvalue weighted by Crippen LogP contribution is 2.15. The molecule has 3 nitrogen and oxygen atoms in total. The van der Waals surface area contributed by atoms with Crippen LogP contribution in [0.2, 0.25) is 0 Å². The number of aromatic carboxylic acids is 1. The maximum absolute atomic E-state index is 10.9. The van der Waals surface area contributed by atoms with Gasteiger partial charge in [-0.05, 0) is 43.0 Å². The van der Waals surface area contributed by atoms with Crippen molar-refractivity contribution < 1.29 is 9.90 Å². The minimum atomic E-state index is -0.986. The molecular formula is C15H15NO2. The molecule has 0 fully saturated rings. The average molecular weight is 241 g/mol. The Kier molecular flexibility index (Phi) is 3.42. The number of aromatic nitrogens is 1. The first-order valence-corrected chi connectivity index (χ1v) is 5.80. The number of hydrogen-bond donors (Lipinski definition) is 1. The molecule has 0 aliphatic rings. The summed E-state index contributed by atoms with van der Waals surface area (Å²) >= 11 is 0. The molecule has 1 aromatic carbocycles. The highest BCUT2D eigenvalue weighted by atomic mass is 16.4. The van der Waals surface area contributed by atoms with E-state index in [0.29, 0.717) is 0 Å². The van der Waals surface area contributed by atoms with Crippen molar-refractivity contribution >= 4 is 5.97 Å². The third-order valence-corrected chi connectivity index (χ3v) is 2.95. The van der Waals surface area contributed by atoms with Crippen molar-refractivity contribution in [3.8, 4) is 0 Å². The number of hydrogen-bond acceptors (Lipinski definition) is 2. The molecule has 0 unspecified atom stereocenters. The molecule has 0 saturated heterocycles. The molecule has 0 aliphatic carbocycles. The molecule has 18 heavy (non-hydrogen) atoms. The van der Waals surface area contributed by atoms with Crippen LogP contribution in [-0.4, -0.2) is 16.1 Å². The maximum Gasteiger partial charge on any atom is 0.354 e. The normalized spacial score (nSPS) is 10.3. The fourth-order valence-electron chi connectivity index (χ4n) is 1.80. The minimum absolute atomic E-state index is 0.0997. The number of carbonyl (C=O) groups is 1. The quantitative estimate of drug-likeness (QED) is 0.898. The zero-order chi connectivity index (χ0) is 13.1. The van der Waals surface area contributed by atoms with Gasteiger partial charge in [-0.2, -0.15) is 0 Å². The molecule has 2 aromatic rings. The number of pyridine rings is 1. The Morgan fingerprint density at radius 3 is 2.50 bits per heavy atom. The van der Waals surface area contributed by atoms with Crippen LogP contribution in [0, 0.1) is 13.8 Å². The van der Waals surface area contributed by atoms with Crippen LogP contribution in [0.4, 0.5) is 0 Å². The Labute approximate surface area is 106 Å². The molecular weight excluding hydrogens is 226 g/mol. The van der Waals surface area contributed by atoms with Crippen LogP contribution in [0.1, 0.15) is 32.7 Å². The van der Waals surface area contributed by atoms with Crippen molar-refractivity contribution in [2.45, 2.75) is 20.3 Å². The van der Waals surface area contributed by atoms with Gasteiger partial charge in [-0.15, -0.1) is 0 Å². The standard InChI is InChI=1S/C15H15NO2/c1-10-3-5-12(6-4-10)7-13-8-14(15(17)18)16-9-11(13)2/h3-6,8-9H,7H2,1-2H3,(H,17,18). The van der Waals surface area contributed by atoms with Gasteiger partial charge in [-0.25, -0.2) is 9.78 Å². The van der Waals surface area contributed by atoms with E-state index in [1.807, 2.05) is 13.8 Å². The molecule has 1 aromatic heterocycles. The average Bonchev–Trinajstić information content (AvgIpc) is 2.34. The molecule has 3 heteroatoms. The largest absolute Gasteiger partial charge is 0.477 e. The highest BCUT2D eigenvalue weighted by Gasteiger charge is 2.08. The number of rotatable bonds is 3. The predicted molar refractivity (Wildman–Crippen MR) is 69.9 cm³/mol. The minimum Gasteiger partial charge on any atom is -0.477 e. The summed E-state index contributed by atoms with van der Waals surface area (Å²) in [7, 11) is 0. The number of aryl methyl sites for hydroxylation is 2. The van der Waals surface area contributed by atoms with Crippen molar-refractivity contribution in [3.05, 3.63) is 64.5 Å². The smallest absolute Gasteiger partial charge is 0.354 e. The number of carboxylic acids is 1. The van der Waals surface area contributed by atoms with Crippen LogP contribution in [0.25, 0.3) is 0 Å². The second-order valence-corrected chi connectivity index (χ2v) is 4.46. The van der Waals surface area contributed by atoms with E-state index in [1.54, 1.807) is 12.3 Å². The van der Waals surface area contributed by atoms with Gasteiger partial charge >= 0.3 is 5.97 Å².